The van der Waals surface area contributed by atoms with Crippen molar-refractivity contribution in [3.05, 3.63) is 39.7 Å². The lowest BCUT2D eigenvalue weighted by Crippen LogP contribution is -2.30. The Hall–Kier alpha value is -1.72. The molecule has 4 nitrogen and oxygen atoms in total. The average Bonchev–Trinajstić information content (AvgIpc) is 2.86. The minimum atomic E-state index is -0.339. The lowest BCUT2D eigenvalue weighted by atomic mass is 10.0. The van der Waals surface area contributed by atoms with E-state index in [2.05, 4.69) is 41.5 Å². The molecule has 2 aromatic rings. The fourth-order valence-corrected chi connectivity index (χ4v) is 3.65. The molecule has 0 saturated carbocycles. The molecular formula is C19H26N2O2S. The molecule has 2 N–H and O–H groups in total. The van der Waals surface area contributed by atoms with Gasteiger partial charge in [-0.05, 0) is 33.1 Å². The molecule has 0 aliphatic carbocycles. The van der Waals surface area contributed by atoms with Crippen LogP contribution in [0.1, 0.15) is 35.7 Å². The molecule has 1 aromatic heterocycles. The van der Waals surface area contributed by atoms with Crippen LogP contribution in [0.2, 0.25) is 0 Å². The van der Waals surface area contributed by atoms with E-state index in [0.717, 1.165) is 21.1 Å². The molecule has 0 fully saturated rings. The van der Waals surface area contributed by atoms with Gasteiger partial charge in [0.05, 0.1) is 23.2 Å². The summed E-state index contributed by atoms with van der Waals surface area (Å²) in [7, 11) is 0. The summed E-state index contributed by atoms with van der Waals surface area (Å²) in [5.41, 5.74) is 3.16. The first kappa shape index (κ1) is 18.6. The standard InChI is InChI=1S/C19H26N2O2S/c1-12-5-7-16(8-6-12)19-17(24-15(4)21-19)10-18(23)20-11-13(2)9-14(3)22/h5-8,13-14,22H,9-11H2,1-4H3,(H,20,23). The third-order valence-corrected chi connectivity index (χ3v) is 4.81. The number of aliphatic hydroxyl groups excluding tert-OH is 1. The van der Waals surface area contributed by atoms with Crippen molar-refractivity contribution in [1.29, 1.82) is 0 Å². The van der Waals surface area contributed by atoms with Gasteiger partial charge in [-0.1, -0.05) is 36.8 Å². The molecule has 0 saturated heterocycles. The second-order valence-corrected chi connectivity index (χ2v) is 7.83. The van der Waals surface area contributed by atoms with E-state index >= 15 is 0 Å². The number of thiazole rings is 1. The Morgan fingerprint density at radius 1 is 1.25 bits per heavy atom. The average molecular weight is 346 g/mol. The van der Waals surface area contributed by atoms with E-state index in [0.29, 0.717) is 19.4 Å². The van der Waals surface area contributed by atoms with Gasteiger partial charge in [0.15, 0.2) is 0 Å². The zero-order valence-electron chi connectivity index (χ0n) is 14.8. The van der Waals surface area contributed by atoms with Crippen LogP contribution in [0.5, 0.6) is 0 Å². The normalized spacial score (nSPS) is 13.5. The second kappa shape index (κ2) is 8.40. The van der Waals surface area contributed by atoms with Gasteiger partial charge in [0.25, 0.3) is 0 Å². The summed E-state index contributed by atoms with van der Waals surface area (Å²) < 4.78 is 0. The van der Waals surface area contributed by atoms with Gasteiger partial charge in [0.1, 0.15) is 0 Å². The molecule has 1 aromatic carbocycles. The monoisotopic (exact) mass is 346 g/mol. The molecule has 2 unspecified atom stereocenters. The number of hydrogen-bond donors (Lipinski definition) is 2. The van der Waals surface area contributed by atoms with Gasteiger partial charge in [-0.2, -0.15) is 0 Å². The van der Waals surface area contributed by atoms with E-state index < -0.39 is 0 Å². The zero-order chi connectivity index (χ0) is 17.7. The minimum Gasteiger partial charge on any atom is -0.393 e. The second-order valence-electron chi connectivity index (χ2n) is 6.54. The van der Waals surface area contributed by atoms with Crippen LogP contribution in [-0.4, -0.2) is 28.6 Å². The van der Waals surface area contributed by atoms with E-state index in [-0.39, 0.29) is 17.9 Å². The minimum absolute atomic E-state index is 0.00412. The maximum atomic E-state index is 12.3. The summed E-state index contributed by atoms with van der Waals surface area (Å²) in [4.78, 5) is 17.9. The fourth-order valence-electron chi connectivity index (χ4n) is 2.69. The Labute approximate surface area is 148 Å². The van der Waals surface area contributed by atoms with Gasteiger partial charge in [0, 0.05) is 17.0 Å². The quantitative estimate of drug-likeness (QED) is 0.807. The topological polar surface area (TPSA) is 62.2 Å². The van der Waals surface area contributed by atoms with Crippen molar-refractivity contribution >= 4 is 17.2 Å². The molecule has 0 bridgehead atoms. The van der Waals surface area contributed by atoms with E-state index in [1.807, 2.05) is 13.8 Å². The Morgan fingerprint density at radius 3 is 2.54 bits per heavy atom. The highest BCUT2D eigenvalue weighted by Crippen LogP contribution is 2.28. The molecule has 2 rings (SSSR count). The molecule has 1 heterocycles. The summed E-state index contributed by atoms with van der Waals surface area (Å²) in [6.45, 7) is 8.41. The molecule has 0 spiro atoms. The third kappa shape index (κ3) is 5.42. The Bertz CT molecular complexity index is 677. The number of nitrogens with one attached hydrogen (secondary N) is 1. The van der Waals surface area contributed by atoms with E-state index in [4.69, 9.17) is 0 Å². The number of nitrogens with zero attached hydrogens (tertiary/aromatic N) is 1. The van der Waals surface area contributed by atoms with E-state index in [9.17, 15) is 9.90 Å². The van der Waals surface area contributed by atoms with Crippen molar-refractivity contribution < 1.29 is 9.90 Å². The van der Waals surface area contributed by atoms with Crippen molar-refractivity contribution in [2.45, 2.75) is 46.6 Å². The van der Waals surface area contributed by atoms with Crippen molar-refractivity contribution in [1.82, 2.24) is 10.3 Å². The SMILES string of the molecule is Cc1ccc(-c2nc(C)sc2CC(=O)NCC(C)CC(C)O)cc1. The number of amides is 1. The lowest BCUT2D eigenvalue weighted by molar-refractivity contribution is -0.120. The molecule has 0 aliphatic rings. The van der Waals surface area contributed by atoms with Crippen LogP contribution in [0.4, 0.5) is 0 Å². The van der Waals surface area contributed by atoms with Crippen molar-refractivity contribution in [3.63, 3.8) is 0 Å². The van der Waals surface area contributed by atoms with E-state index in [1.54, 1.807) is 18.3 Å². The molecule has 24 heavy (non-hydrogen) atoms. The first-order valence-corrected chi connectivity index (χ1v) is 9.15. The number of benzene rings is 1. The van der Waals surface area contributed by atoms with Crippen LogP contribution in [0.3, 0.4) is 0 Å². The maximum Gasteiger partial charge on any atom is 0.225 e. The first-order valence-electron chi connectivity index (χ1n) is 8.33. The number of rotatable bonds is 7. The van der Waals surface area contributed by atoms with Gasteiger partial charge >= 0.3 is 0 Å². The van der Waals surface area contributed by atoms with Crippen molar-refractivity contribution in [2.24, 2.45) is 5.92 Å². The van der Waals surface area contributed by atoms with Crippen LogP contribution < -0.4 is 5.32 Å². The highest BCUT2D eigenvalue weighted by Gasteiger charge is 2.15. The van der Waals surface area contributed by atoms with E-state index in [1.165, 1.54) is 5.56 Å². The maximum absolute atomic E-state index is 12.3. The van der Waals surface area contributed by atoms with Crippen LogP contribution in [0, 0.1) is 19.8 Å². The fraction of sp³-hybridized carbons (Fsp3) is 0.474. The molecule has 5 heteroatoms. The molecule has 0 aliphatic heterocycles. The van der Waals surface area contributed by atoms with Gasteiger partial charge in [-0.3, -0.25) is 4.79 Å². The largest absolute Gasteiger partial charge is 0.393 e. The Morgan fingerprint density at radius 2 is 1.92 bits per heavy atom. The van der Waals surface area contributed by atoms with Crippen molar-refractivity contribution in [2.75, 3.05) is 6.54 Å². The predicted octanol–water partition coefficient (Wildman–Crippen LogP) is 3.49. The van der Waals surface area contributed by atoms with Gasteiger partial charge in [-0.25, -0.2) is 4.98 Å². The number of aryl methyl sites for hydroxylation is 2. The van der Waals surface area contributed by atoms with Gasteiger partial charge in [-0.15, -0.1) is 11.3 Å². The van der Waals surface area contributed by atoms with Crippen LogP contribution in [0.15, 0.2) is 24.3 Å². The summed E-state index contributed by atoms with van der Waals surface area (Å²) in [6.07, 6.45) is 0.694. The predicted molar refractivity (Wildman–Crippen MR) is 99.2 cm³/mol. The Kier molecular flexibility index (Phi) is 6.52. The summed E-state index contributed by atoms with van der Waals surface area (Å²) in [5, 5.41) is 13.3. The molecule has 1 amide bonds. The number of aromatic nitrogens is 1. The molecular weight excluding hydrogens is 320 g/mol. The van der Waals surface area contributed by atoms with Crippen LogP contribution in [0.25, 0.3) is 11.3 Å². The molecule has 130 valence electrons. The molecule has 2 atom stereocenters. The van der Waals surface area contributed by atoms with Gasteiger partial charge in [0.2, 0.25) is 5.91 Å². The van der Waals surface area contributed by atoms with Crippen LogP contribution in [-0.2, 0) is 11.2 Å². The van der Waals surface area contributed by atoms with Crippen LogP contribution >= 0.6 is 11.3 Å². The summed E-state index contributed by atoms with van der Waals surface area (Å²) in [6, 6.07) is 8.23. The number of aliphatic hydroxyl groups is 1. The summed E-state index contributed by atoms with van der Waals surface area (Å²) in [5.74, 6) is 0.262. The first-order chi connectivity index (χ1) is 11.3. The van der Waals surface area contributed by atoms with Crippen molar-refractivity contribution in [3.8, 4) is 11.3 Å². The number of carbonyl (C=O) groups is 1. The number of hydrogen-bond acceptors (Lipinski definition) is 4. The summed E-state index contributed by atoms with van der Waals surface area (Å²) >= 11 is 1.57. The zero-order valence-corrected chi connectivity index (χ0v) is 15.6. The third-order valence-electron chi connectivity index (χ3n) is 3.84. The smallest absolute Gasteiger partial charge is 0.225 e. The lowest BCUT2D eigenvalue weighted by Gasteiger charge is -2.14. The van der Waals surface area contributed by atoms with Gasteiger partial charge < -0.3 is 10.4 Å². The highest BCUT2D eigenvalue weighted by atomic mass is 32.1. The Balaban J connectivity index is 2.02. The highest BCUT2D eigenvalue weighted by molar-refractivity contribution is 7.12. The molecule has 0 radical (unpaired) electrons. The number of carbonyl (C=O) groups excluding carboxylic acids is 1.